The number of piperidine rings is 1. The molecule has 1 fully saturated rings. The average Bonchev–Trinajstić information content (AvgIpc) is 2.41. The van der Waals surface area contributed by atoms with E-state index in [2.05, 4.69) is 11.9 Å². The van der Waals surface area contributed by atoms with E-state index in [9.17, 15) is 8.42 Å². The first-order valence-corrected chi connectivity index (χ1v) is 9.64. The molecule has 0 aromatic heterocycles. The van der Waals surface area contributed by atoms with Gasteiger partial charge in [0.15, 0.2) is 0 Å². The zero-order valence-corrected chi connectivity index (χ0v) is 14.2. The molecule has 1 aliphatic rings. The van der Waals surface area contributed by atoms with Crippen LogP contribution in [0.4, 0.5) is 0 Å². The van der Waals surface area contributed by atoms with Crippen LogP contribution in [-0.2, 0) is 9.05 Å². The van der Waals surface area contributed by atoms with Gasteiger partial charge in [-0.05, 0) is 51.1 Å². The molecule has 1 unspecified atom stereocenters. The molecule has 4 nitrogen and oxygen atoms in total. The molecule has 21 heavy (non-hydrogen) atoms. The van der Waals surface area contributed by atoms with E-state index >= 15 is 0 Å². The second-order valence-corrected chi connectivity index (χ2v) is 8.27. The predicted molar refractivity (Wildman–Crippen MR) is 84.9 cm³/mol. The predicted octanol–water partition coefficient (Wildman–Crippen LogP) is 3.52. The van der Waals surface area contributed by atoms with Crippen LogP contribution in [-0.4, -0.2) is 39.6 Å². The Bertz CT molecular complexity index is 592. The molecule has 7 heteroatoms. The summed E-state index contributed by atoms with van der Waals surface area (Å²) in [7, 11) is 3.65. The lowest BCUT2D eigenvalue weighted by Gasteiger charge is -2.32. The molecule has 2 rings (SSSR count). The molecule has 0 amide bonds. The first-order chi connectivity index (χ1) is 9.88. The average molecular weight is 352 g/mol. The van der Waals surface area contributed by atoms with Crippen LogP contribution in [0.25, 0.3) is 0 Å². The molecular formula is C14H19Cl2NO3S. The maximum absolute atomic E-state index is 11.2. The molecule has 1 aromatic rings. The zero-order valence-electron chi connectivity index (χ0n) is 11.9. The van der Waals surface area contributed by atoms with Gasteiger partial charge in [0, 0.05) is 16.7 Å². The monoisotopic (exact) mass is 351 g/mol. The van der Waals surface area contributed by atoms with Crippen molar-refractivity contribution in [2.75, 3.05) is 20.2 Å². The number of halogens is 2. The molecule has 1 heterocycles. The van der Waals surface area contributed by atoms with Crippen molar-refractivity contribution in [2.45, 2.75) is 36.6 Å². The van der Waals surface area contributed by atoms with Gasteiger partial charge in [-0.2, -0.15) is 0 Å². The normalized spacial score (nSPS) is 20.4. The second kappa shape index (κ2) is 7.18. The van der Waals surface area contributed by atoms with Crippen molar-refractivity contribution in [1.82, 2.24) is 4.90 Å². The van der Waals surface area contributed by atoms with E-state index in [1.807, 2.05) is 0 Å². The van der Waals surface area contributed by atoms with Gasteiger partial charge in [0.1, 0.15) is 5.75 Å². The molecule has 0 bridgehead atoms. The highest BCUT2D eigenvalue weighted by molar-refractivity contribution is 8.13. The number of nitrogens with zero attached hydrogens (tertiary/aromatic N) is 1. The highest BCUT2D eigenvalue weighted by Crippen LogP contribution is 2.29. The summed E-state index contributed by atoms with van der Waals surface area (Å²) in [6.07, 6.45) is 4.64. The largest absolute Gasteiger partial charge is 0.492 e. The first-order valence-electron chi connectivity index (χ1n) is 6.95. The minimum Gasteiger partial charge on any atom is -0.492 e. The van der Waals surface area contributed by atoms with Crippen LogP contribution < -0.4 is 4.74 Å². The van der Waals surface area contributed by atoms with E-state index < -0.39 is 9.05 Å². The van der Waals surface area contributed by atoms with Crippen LogP contribution in [0.15, 0.2) is 23.1 Å². The van der Waals surface area contributed by atoms with Crippen LogP contribution in [0.3, 0.4) is 0 Å². The van der Waals surface area contributed by atoms with E-state index in [1.165, 1.54) is 31.4 Å². The van der Waals surface area contributed by atoms with Crippen molar-refractivity contribution in [3.8, 4) is 5.75 Å². The van der Waals surface area contributed by atoms with Crippen LogP contribution in [0.1, 0.15) is 25.7 Å². The topological polar surface area (TPSA) is 46.6 Å². The molecule has 1 aromatic carbocycles. The number of benzene rings is 1. The van der Waals surface area contributed by atoms with Crippen molar-refractivity contribution in [1.29, 1.82) is 0 Å². The smallest absolute Gasteiger partial charge is 0.261 e. The van der Waals surface area contributed by atoms with Crippen LogP contribution in [0.2, 0.25) is 5.02 Å². The van der Waals surface area contributed by atoms with E-state index in [0.29, 0.717) is 18.4 Å². The second-order valence-electron chi connectivity index (χ2n) is 5.30. The fourth-order valence-corrected chi connectivity index (χ4v) is 3.64. The standard InChI is InChI=1S/C14H19Cl2NO3S/c1-17-8-3-2-4-11(17)7-9-20-14-6-5-12(10-13(14)15)21(16,18)19/h5-6,10-11H,2-4,7-9H2,1H3. The number of rotatable bonds is 5. The van der Waals surface area contributed by atoms with Gasteiger partial charge in [-0.1, -0.05) is 18.0 Å². The number of ether oxygens (including phenoxy) is 1. The SMILES string of the molecule is CN1CCCCC1CCOc1ccc(S(=O)(=O)Cl)cc1Cl. The molecule has 0 saturated carbocycles. The van der Waals surface area contributed by atoms with E-state index in [4.69, 9.17) is 27.0 Å². The van der Waals surface area contributed by atoms with Crippen LogP contribution in [0.5, 0.6) is 5.75 Å². The lowest BCUT2D eigenvalue weighted by molar-refractivity contribution is 0.153. The van der Waals surface area contributed by atoms with Crippen molar-refractivity contribution in [2.24, 2.45) is 0 Å². The van der Waals surface area contributed by atoms with Crippen molar-refractivity contribution >= 4 is 31.3 Å². The Hall–Kier alpha value is -0.490. The third-order valence-corrected chi connectivity index (χ3v) is 5.46. The molecule has 1 saturated heterocycles. The van der Waals surface area contributed by atoms with Gasteiger partial charge in [0.2, 0.25) is 0 Å². The van der Waals surface area contributed by atoms with E-state index in [0.717, 1.165) is 13.0 Å². The van der Waals surface area contributed by atoms with Crippen LogP contribution >= 0.6 is 22.3 Å². The summed E-state index contributed by atoms with van der Waals surface area (Å²) < 4.78 is 28.1. The third kappa shape index (κ3) is 4.74. The Labute approximate surface area is 135 Å². The Balaban J connectivity index is 1.91. The summed E-state index contributed by atoms with van der Waals surface area (Å²) >= 11 is 6.03. The van der Waals surface area contributed by atoms with Crippen molar-refractivity contribution in [3.63, 3.8) is 0 Å². The molecule has 1 aliphatic heterocycles. The van der Waals surface area contributed by atoms with Gasteiger partial charge in [0.05, 0.1) is 16.5 Å². The maximum Gasteiger partial charge on any atom is 0.261 e. The summed E-state index contributed by atoms with van der Waals surface area (Å²) in [5, 5.41) is 0.258. The van der Waals surface area contributed by atoms with Gasteiger partial charge in [-0.25, -0.2) is 8.42 Å². The Morgan fingerprint density at radius 2 is 2.14 bits per heavy atom. The fourth-order valence-electron chi connectivity index (χ4n) is 2.56. The third-order valence-electron chi connectivity index (χ3n) is 3.82. The van der Waals surface area contributed by atoms with Crippen LogP contribution in [0, 0.1) is 0 Å². The van der Waals surface area contributed by atoms with Crippen molar-refractivity contribution < 1.29 is 13.2 Å². The molecule has 0 aliphatic carbocycles. The molecule has 0 N–H and O–H groups in total. The first kappa shape index (κ1) is 16.9. The van der Waals surface area contributed by atoms with E-state index in [-0.39, 0.29) is 9.92 Å². The van der Waals surface area contributed by atoms with Gasteiger partial charge in [0.25, 0.3) is 9.05 Å². The molecule has 1 atom stereocenters. The number of hydrogen-bond donors (Lipinski definition) is 0. The van der Waals surface area contributed by atoms with Crippen molar-refractivity contribution in [3.05, 3.63) is 23.2 Å². The summed E-state index contributed by atoms with van der Waals surface area (Å²) in [6.45, 7) is 1.69. The van der Waals surface area contributed by atoms with Gasteiger partial charge < -0.3 is 9.64 Å². The Morgan fingerprint density at radius 1 is 1.38 bits per heavy atom. The molecular weight excluding hydrogens is 333 g/mol. The number of hydrogen-bond acceptors (Lipinski definition) is 4. The Kier molecular flexibility index (Phi) is 5.77. The summed E-state index contributed by atoms with van der Waals surface area (Å²) in [6, 6.07) is 4.80. The maximum atomic E-state index is 11.2. The van der Waals surface area contributed by atoms with E-state index in [1.54, 1.807) is 6.07 Å². The minimum atomic E-state index is -3.76. The number of likely N-dealkylation sites (tertiary alicyclic amines) is 1. The lowest BCUT2D eigenvalue weighted by atomic mass is 10.0. The fraction of sp³-hybridized carbons (Fsp3) is 0.571. The highest BCUT2D eigenvalue weighted by Gasteiger charge is 2.19. The molecule has 0 radical (unpaired) electrons. The highest BCUT2D eigenvalue weighted by atomic mass is 35.7. The zero-order chi connectivity index (χ0) is 15.5. The Morgan fingerprint density at radius 3 is 2.76 bits per heavy atom. The summed E-state index contributed by atoms with van der Waals surface area (Å²) in [5.74, 6) is 0.485. The lowest BCUT2D eigenvalue weighted by Crippen LogP contribution is -2.37. The molecule has 118 valence electrons. The van der Waals surface area contributed by atoms with Gasteiger partial charge >= 0.3 is 0 Å². The van der Waals surface area contributed by atoms with Gasteiger partial charge in [-0.3, -0.25) is 0 Å². The minimum absolute atomic E-state index is 0.0199. The summed E-state index contributed by atoms with van der Waals surface area (Å²) in [4.78, 5) is 2.34. The quantitative estimate of drug-likeness (QED) is 0.761. The van der Waals surface area contributed by atoms with Gasteiger partial charge in [-0.15, -0.1) is 0 Å². The summed E-state index contributed by atoms with van der Waals surface area (Å²) in [5.41, 5.74) is 0. The molecule has 0 spiro atoms.